The SMILES string of the molecule is Cc1cc(C)cc(C(CC(C)C)NC(=O)c2cc(OCc3ccc(CC(C)C)cc3)ccc2CCC(=O)O)c1. The van der Waals surface area contributed by atoms with Gasteiger partial charge < -0.3 is 15.2 Å². The Morgan fingerprint density at radius 3 is 2.08 bits per heavy atom. The number of hydrogen-bond donors (Lipinski definition) is 2. The van der Waals surface area contributed by atoms with Crippen LogP contribution < -0.4 is 10.1 Å². The normalized spacial score (nSPS) is 12.0. The van der Waals surface area contributed by atoms with E-state index in [1.165, 1.54) is 5.56 Å². The fourth-order valence-electron chi connectivity index (χ4n) is 4.92. The maximum Gasteiger partial charge on any atom is 0.303 e. The van der Waals surface area contributed by atoms with Crippen LogP contribution in [-0.2, 0) is 24.2 Å². The molecule has 2 N–H and O–H groups in total. The molecular formula is C34H43NO4. The van der Waals surface area contributed by atoms with Crippen molar-refractivity contribution in [2.45, 2.75) is 79.9 Å². The number of ether oxygens (including phenoxy) is 1. The Balaban J connectivity index is 1.83. The van der Waals surface area contributed by atoms with Gasteiger partial charge in [0, 0.05) is 12.0 Å². The maximum absolute atomic E-state index is 13.7. The van der Waals surface area contributed by atoms with Gasteiger partial charge in [0.15, 0.2) is 0 Å². The van der Waals surface area contributed by atoms with Crippen LogP contribution in [0.4, 0.5) is 0 Å². The van der Waals surface area contributed by atoms with Crippen LogP contribution in [0.3, 0.4) is 0 Å². The quantitative estimate of drug-likeness (QED) is 0.239. The molecule has 0 aliphatic rings. The predicted molar refractivity (Wildman–Crippen MR) is 157 cm³/mol. The van der Waals surface area contributed by atoms with Crippen molar-refractivity contribution in [1.29, 1.82) is 0 Å². The van der Waals surface area contributed by atoms with Gasteiger partial charge in [0.25, 0.3) is 5.91 Å². The molecule has 0 spiro atoms. The molecule has 0 saturated carbocycles. The molecule has 1 amide bonds. The van der Waals surface area contributed by atoms with Gasteiger partial charge in [-0.3, -0.25) is 9.59 Å². The lowest BCUT2D eigenvalue weighted by molar-refractivity contribution is -0.136. The van der Waals surface area contributed by atoms with Crippen molar-refractivity contribution in [1.82, 2.24) is 5.32 Å². The first-order chi connectivity index (χ1) is 18.5. The molecule has 0 bridgehead atoms. The minimum absolute atomic E-state index is 0.0459. The standard InChI is InChI=1S/C34H43NO4/c1-22(2)15-26-7-9-27(10-8-26)21-39-30-13-11-28(12-14-33(36)37)31(20-30)34(38)35-32(16-23(3)4)29-18-24(5)17-25(6)19-29/h7-11,13,17-20,22-23,32H,12,14-16,21H2,1-6H3,(H,35,38)(H,36,37). The van der Waals surface area contributed by atoms with Crippen molar-refractivity contribution in [3.63, 3.8) is 0 Å². The Morgan fingerprint density at radius 1 is 0.846 bits per heavy atom. The van der Waals surface area contributed by atoms with Crippen LogP contribution in [0.15, 0.2) is 60.7 Å². The summed E-state index contributed by atoms with van der Waals surface area (Å²) < 4.78 is 6.07. The van der Waals surface area contributed by atoms with Crippen molar-refractivity contribution < 1.29 is 19.4 Å². The predicted octanol–water partition coefficient (Wildman–Crippen LogP) is 7.62. The lowest BCUT2D eigenvalue weighted by atomic mass is 9.93. The zero-order valence-corrected chi connectivity index (χ0v) is 24.2. The lowest BCUT2D eigenvalue weighted by Crippen LogP contribution is -2.30. The topological polar surface area (TPSA) is 75.6 Å². The van der Waals surface area contributed by atoms with Gasteiger partial charge in [-0.2, -0.15) is 0 Å². The second kappa shape index (κ2) is 14.0. The smallest absolute Gasteiger partial charge is 0.303 e. The highest BCUT2D eigenvalue weighted by atomic mass is 16.5. The maximum atomic E-state index is 13.7. The Labute approximate surface area is 233 Å². The fraction of sp³-hybridized carbons (Fsp3) is 0.412. The molecule has 208 valence electrons. The molecule has 0 radical (unpaired) electrons. The van der Waals surface area contributed by atoms with E-state index in [0.717, 1.165) is 35.1 Å². The molecule has 3 aromatic rings. The average molecular weight is 530 g/mol. The molecule has 3 aromatic carbocycles. The van der Waals surface area contributed by atoms with Crippen molar-refractivity contribution in [2.75, 3.05) is 0 Å². The summed E-state index contributed by atoms with van der Waals surface area (Å²) in [6, 6.07) is 20.0. The van der Waals surface area contributed by atoms with E-state index in [2.05, 4.69) is 89.3 Å². The van der Waals surface area contributed by atoms with Gasteiger partial charge in [-0.25, -0.2) is 0 Å². The zero-order chi connectivity index (χ0) is 28.5. The van der Waals surface area contributed by atoms with E-state index in [0.29, 0.717) is 35.3 Å². The number of amides is 1. The number of aryl methyl sites for hydroxylation is 3. The summed E-state index contributed by atoms with van der Waals surface area (Å²) in [4.78, 5) is 25.0. The molecule has 39 heavy (non-hydrogen) atoms. The first kappa shape index (κ1) is 29.9. The number of hydrogen-bond acceptors (Lipinski definition) is 3. The van der Waals surface area contributed by atoms with Crippen LogP contribution in [0.1, 0.15) is 90.3 Å². The van der Waals surface area contributed by atoms with Gasteiger partial charge in [0.2, 0.25) is 0 Å². The van der Waals surface area contributed by atoms with Gasteiger partial charge in [-0.15, -0.1) is 0 Å². The Hall–Kier alpha value is -3.60. The van der Waals surface area contributed by atoms with Crippen molar-refractivity contribution >= 4 is 11.9 Å². The highest BCUT2D eigenvalue weighted by molar-refractivity contribution is 5.96. The molecule has 0 aliphatic carbocycles. The lowest BCUT2D eigenvalue weighted by Gasteiger charge is -2.23. The second-order valence-electron chi connectivity index (χ2n) is 11.5. The molecular weight excluding hydrogens is 486 g/mol. The van der Waals surface area contributed by atoms with Gasteiger partial charge in [-0.05, 0) is 79.3 Å². The Kier molecular flexibility index (Phi) is 10.7. The fourth-order valence-corrected chi connectivity index (χ4v) is 4.92. The summed E-state index contributed by atoms with van der Waals surface area (Å²) in [5.41, 5.74) is 6.90. The summed E-state index contributed by atoms with van der Waals surface area (Å²) in [6.45, 7) is 13.2. The Morgan fingerprint density at radius 2 is 1.49 bits per heavy atom. The highest BCUT2D eigenvalue weighted by Crippen LogP contribution is 2.26. The van der Waals surface area contributed by atoms with Crippen LogP contribution in [0.5, 0.6) is 5.75 Å². The Bertz CT molecular complexity index is 1240. The number of aliphatic carboxylic acids is 1. The molecule has 0 fully saturated rings. The van der Waals surface area contributed by atoms with Gasteiger partial charge in [0.05, 0.1) is 6.04 Å². The number of carbonyl (C=O) groups is 2. The summed E-state index contributed by atoms with van der Waals surface area (Å²) in [5.74, 6) is 0.451. The van der Waals surface area contributed by atoms with Crippen molar-refractivity contribution in [3.8, 4) is 5.75 Å². The van der Waals surface area contributed by atoms with Crippen molar-refractivity contribution in [2.24, 2.45) is 11.8 Å². The van der Waals surface area contributed by atoms with E-state index >= 15 is 0 Å². The number of carboxylic acid groups (broad SMARTS) is 1. The molecule has 0 heterocycles. The monoisotopic (exact) mass is 529 g/mol. The number of benzene rings is 3. The number of carbonyl (C=O) groups excluding carboxylic acids is 1. The van der Waals surface area contributed by atoms with Crippen LogP contribution in [0, 0.1) is 25.7 Å². The van der Waals surface area contributed by atoms with Crippen LogP contribution >= 0.6 is 0 Å². The zero-order valence-electron chi connectivity index (χ0n) is 24.2. The number of carboxylic acids is 1. The number of rotatable bonds is 13. The van der Waals surface area contributed by atoms with Crippen LogP contribution in [-0.4, -0.2) is 17.0 Å². The first-order valence-electron chi connectivity index (χ1n) is 13.9. The molecule has 5 nitrogen and oxygen atoms in total. The summed E-state index contributed by atoms with van der Waals surface area (Å²) >= 11 is 0. The first-order valence-corrected chi connectivity index (χ1v) is 13.9. The second-order valence-corrected chi connectivity index (χ2v) is 11.5. The summed E-state index contributed by atoms with van der Waals surface area (Å²) in [6.07, 6.45) is 2.06. The highest BCUT2D eigenvalue weighted by Gasteiger charge is 2.21. The van der Waals surface area contributed by atoms with E-state index < -0.39 is 5.97 Å². The summed E-state index contributed by atoms with van der Waals surface area (Å²) in [7, 11) is 0. The van der Waals surface area contributed by atoms with E-state index in [4.69, 9.17) is 4.74 Å². The van der Waals surface area contributed by atoms with Crippen LogP contribution in [0.2, 0.25) is 0 Å². The third-order valence-corrected chi connectivity index (χ3v) is 6.67. The average Bonchev–Trinajstić information content (AvgIpc) is 2.85. The molecule has 1 atom stereocenters. The van der Waals surface area contributed by atoms with Gasteiger partial charge in [-0.1, -0.05) is 87.4 Å². The van der Waals surface area contributed by atoms with E-state index in [1.54, 1.807) is 6.07 Å². The molecule has 0 aromatic heterocycles. The van der Waals surface area contributed by atoms with Gasteiger partial charge in [0.1, 0.15) is 12.4 Å². The van der Waals surface area contributed by atoms with Crippen LogP contribution in [0.25, 0.3) is 0 Å². The minimum Gasteiger partial charge on any atom is -0.489 e. The van der Waals surface area contributed by atoms with Gasteiger partial charge >= 0.3 is 5.97 Å². The molecule has 1 unspecified atom stereocenters. The summed E-state index contributed by atoms with van der Waals surface area (Å²) in [5, 5.41) is 12.5. The minimum atomic E-state index is -0.893. The van der Waals surface area contributed by atoms with E-state index in [1.807, 2.05) is 12.1 Å². The molecule has 0 aliphatic heterocycles. The van der Waals surface area contributed by atoms with E-state index in [-0.39, 0.29) is 24.8 Å². The molecule has 3 rings (SSSR count). The number of nitrogens with one attached hydrogen (secondary N) is 1. The molecule has 0 saturated heterocycles. The van der Waals surface area contributed by atoms with Crippen molar-refractivity contribution in [3.05, 3.63) is 99.6 Å². The van der Waals surface area contributed by atoms with E-state index in [9.17, 15) is 14.7 Å². The third kappa shape index (κ3) is 9.58. The largest absolute Gasteiger partial charge is 0.489 e. The molecule has 5 heteroatoms. The third-order valence-electron chi connectivity index (χ3n) is 6.67.